The van der Waals surface area contributed by atoms with E-state index in [0.717, 1.165) is 16.7 Å². The molecule has 0 aromatic heterocycles. The van der Waals surface area contributed by atoms with Gasteiger partial charge in [-0.25, -0.2) is 0 Å². The SMILES string of the molecule is N#Cc1ccc(NC(=O)CSC2=NCCS2)cc1Cl. The zero-order chi connectivity index (χ0) is 13.7. The van der Waals surface area contributed by atoms with E-state index in [9.17, 15) is 4.79 Å². The van der Waals surface area contributed by atoms with Gasteiger partial charge in [-0.1, -0.05) is 35.1 Å². The summed E-state index contributed by atoms with van der Waals surface area (Å²) in [5.41, 5.74) is 0.987. The molecule has 19 heavy (non-hydrogen) atoms. The Balaban J connectivity index is 1.88. The summed E-state index contributed by atoms with van der Waals surface area (Å²) in [7, 11) is 0. The molecule has 0 spiro atoms. The number of hydrogen-bond donors (Lipinski definition) is 1. The van der Waals surface area contributed by atoms with Crippen LogP contribution in [0.2, 0.25) is 5.02 Å². The number of carbonyl (C=O) groups excluding carboxylic acids is 1. The minimum Gasteiger partial charge on any atom is -0.325 e. The molecule has 0 bridgehead atoms. The van der Waals surface area contributed by atoms with Crippen molar-refractivity contribution in [2.24, 2.45) is 4.99 Å². The van der Waals surface area contributed by atoms with Crippen LogP contribution < -0.4 is 5.32 Å². The van der Waals surface area contributed by atoms with Crippen LogP contribution in [-0.2, 0) is 4.79 Å². The molecule has 1 aliphatic heterocycles. The monoisotopic (exact) mass is 311 g/mol. The number of thioether (sulfide) groups is 2. The van der Waals surface area contributed by atoms with Gasteiger partial charge in [0.15, 0.2) is 0 Å². The second-order valence-electron chi connectivity index (χ2n) is 3.64. The van der Waals surface area contributed by atoms with Gasteiger partial charge >= 0.3 is 0 Å². The molecule has 0 unspecified atom stereocenters. The maximum atomic E-state index is 11.7. The summed E-state index contributed by atoms with van der Waals surface area (Å²) >= 11 is 9.00. The van der Waals surface area contributed by atoms with Gasteiger partial charge in [0.1, 0.15) is 10.4 Å². The first kappa shape index (κ1) is 14.3. The molecular weight excluding hydrogens is 302 g/mol. The summed E-state index contributed by atoms with van der Waals surface area (Å²) in [4.78, 5) is 16.0. The lowest BCUT2D eigenvalue weighted by molar-refractivity contribution is -0.113. The molecule has 0 atom stereocenters. The number of aliphatic imine (C=N–C) groups is 1. The van der Waals surface area contributed by atoms with Crippen molar-refractivity contribution in [3.8, 4) is 6.07 Å². The molecule has 7 heteroatoms. The fraction of sp³-hybridized carbons (Fsp3) is 0.250. The van der Waals surface area contributed by atoms with Crippen LogP contribution in [0.1, 0.15) is 5.56 Å². The molecule has 1 heterocycles. The minimum absolute atomic E-state index is 0.110. The summed E-state index contributed by atoms with van der Waals surface area (Å²) in [5, 5.41) is 11.8. The zero-order valence-corrected chi connectivity index (χ0v) is 12.2. The smallest absolute Gasteiger partial charge is 0.234 e. The van der Waals surface area contributed by atoms with Gasteiger partial charge in [-0.2, -0.15) is 5.26 Å². The summed E-state index contributed by atoms with van der Waals surface area (Å²) in [5.74, 6) is 1.21. The Morgan fingerprint density at radius 1 is 1.63 bits per heavy atom. The summed E-state index contributed by atoms with van der Waals surface area (Å²) in [6.45, 7) is 0.833. The first-order chi connectivity index (χ1) is 9.19. The van der Waals surface area contributed by atoms with Crippen molar-refractivity contribution in [2.75, 3.05) is 23.4 Å². The number of carbonyl (C=O) groups is 1. The number of benzene rings is 1. The topological polar surface area (TPSA) is 65.2 Å². The van der Waals surface area contributed by atoms with Crippen LogP contribution in [0, 0.1) is 11.3 Å². The van der Waals surface area contributed by atoms with Gasteiger partial charge in [0.05, 0.1) is 22.9 Å². The van der Waals surface area contributed by atoms with Crippen LogP contribution in [0.4, 0.5) is 5.69 Å². The Morgan fingerprint density at radius 2 is 2.47 bits per heavy atom. The van der Waals surface area contributed by atoms with Crippen molar-refractivity contribution >= 4 is 51.1 Å². The number of amides is 1. The number of nitrogens with zero attached hydrogens (tertiary/aromatic N) is 2. The number of rotatable bonds is 3. The Labute approximate surface area is 124 Å². The molecule has 1 N–H and O–H groups in total. The standard InChI is InChI=1S/C12H10ClN3OS2/c13-10-5-9(2-1-8(10)6-14)16-11(17)7-19-12-15-3-4-18-12/h1-2,5H,3-4,7H2,(H,16,17). The predicted octanol–water partition coefficient (Wildman–Crippen LogP) is 2.99. The Bertz CT molecular complexity index is 569. The highest BCUT2D eigenvalue weighted by Gasteiger charge is 2.11. The van der Waals surface area contributed by atoms with Crippen LogP contribution in [-0.4, -0.2) is 28.3 Å². The van der Waals surface area contributed by atoms with Gasteiger partial charge in [0.2, 0.25) is 5.91 Å². The molecule has 98 valence electrons. The van der Waals surface area contributed by atoms with E-state index in [1.807, 2.05) is 6.07 Å². The normalized spacial score (nSPS) is 13.8. The summed E-state index contributed by atoms with van der Waals surface area (Å²) < 4.78 is 0.966. The minimum atomic E-state index is -0.110. The van der Waals surface area contributed by atoms with E-state index in [0.29, 0.717) is 22.0 Å². The molecule has 0 aliphatic carbocycles. The average Bonchev–Trinajstić information content (AvgIpc) is 2.90. The van der Waals surface area contributed by atoms with Gasteiger partial charge < -0.3 is 5.32 Å². The van der Waals surface area contributed by atoms with Gasteiger partial charge in [-0.05, 0) is 18.2 Å². The second kappa shape index (κ2) is 6.85. The molecule has 0 saturated heterocycles. The van der Waals surface area contributed by atoms with E-state index in [-0.39, 0.29) is 5.91 Å². The summed E-state index contributed by atoms with van der Waals surface area (Å²) in [6.07, 6.45) is 0. The third-order valence-corrected chi connectivity index (χ3v) is 4.82. The van der Waals surface area contributed by atoms with E-state index in [2.05, 4.69) is 10.3 Å². The molecule has 4 nitrogen and oxygen atoms in total. The Kier molecular flexibility index (Phi) is 5.14. The fourth-order valence-corrected chi connectivity index (χ4v) is 3.44. The number of nitriles is 1. The highest BCUT2D eigenvalue weighted by atomic mass is 35.5. The molecule has 1 aromatic rings. The molecule has 2 rings (SSSR count). The second-order valence-corrected chi connectivity index (χ2v) is 6.35. The zero-order valence-electron chi connectivity index (χ0n) is 9.85. The maximum absolute atomic E-state index is 11.7. The van der Waals surface area contributed by atoms with Gasteiger partial charge in [-0.3, -0.25) is 9.79 Å². The molecule has 0 saturated carbocycles. The molecule has 0 fully saturated rings. The first-order valence-electron chi connectivity index (χ1n) is 5.48. The van der Waals surface area contributed by atoms with E-state index in [1.165, 1.54) is 11.8 Å². The van der Waals surface area contributed by atoms with Crippen molar-refractivity contribution in [1.29, 1.82) is 5.26 Å². The van der Waals surface area contributed by atoms with Crippen LogP contribution >= 0.6 is 35.1 Å². The predicted molar refractivity (Wildman–Crippen MR) is 82.0 cm³/mol. The Hall–Kier alpha value is -1.16. The molecule has 1 aromatic carbocycles. The number of nitrogens with one attached hydrogen (secondary N) is 1. The van der Waals surface area contributed by atoms with E-state index >= 15 is 0 Å². The first-order valence-corrected chi connectivity index (χ1v) is 7.83. The number of halogens is 1. The molecule has 1 aliphatic rings. The van der Waals surface area contributed by atoms with E-state index < -0.39 is 0 Å². The summed E-state index contributed by atoms with van der Waals surface area (Å²) in [6, 6.07) is 6.79. The number of anilines is 1. The van der Waals surface area contributed by atoms with Gasteiger partial charge in [0.25, 0.3) is 0 Å². The van der Waals surface area contributed by atoms with E-state index in [1.54, 1.807) is 30.0 Å². The third kappa shape index (κ3) is 4.16. The number of hydrogen-bond acceptors (Lipinski definition) is 5. The largest absolute Gasteiger partial charge is 0.325 e. The lowest BCUT2D eigenvalue weighted by Gasteiger charge is -2.05. The van der Waals surface area contributed by atoms with Crippen molar-refractivity contribution in [2.45, 2.75) is 0 Å². The quantitative estimate of drug-likeness (QED) is 0.932. The molecule has 1 amide bonds. The lowest BCUT2D eigenvalue weighted by atomic mass is 10.2. The van der Waals surface area contributed by atoms with Crippen LogP contribution in [0.15, 0.2) is 23.2 Å². The van der Waals surface area contributed by atoms with Crippen molar-refractivity contribution in [3.05, 3.63) is 28.8 Å². The molecule has 0 radical (unpaired) electrons. The van der Waals surface area contributed by atoms with Crippen molar-refractivity contribution in [3.63, 3.8) is 0 Å². The van der Waals surface area contributed by atoms with Crippen LogP contribution in [0.3, 0.4) is 0 Å². The maximum Gasteiger partial charge on any atom is 0.234 e. The fourth-order valence-electron chi connectivity index (χ4n) is 1.41. The molecular formula is C12H10ClN3OS2. The van der Waals surface area contributed by atoms with Gasteiger partial charge in [-0.15, -0.1) is 0 Å². The van der Waals surface area contributed by atoms with Crippen LogP contribution in [0.25, 0.3) is 0 Å². The average molecular weight is 312 g/mol. The Morgan fingerprint density at radius 3 is 3.11 bits per heavy atom. The highest BCUT2D eigenvalue weighted by molar-refractivity contribution is 8.39. The van der Waals surface area contributed by atoms with Gasteiger partial charge in [0, 0.05) is 11.4 Å². The van der Waals surface area contributed by atoms with Crippen LogP contribution in [0.5, 0.6) is 0 Å². The van der Waals surface area contributed by atoms with Crippen molar-refractivity contribution in [1.82, 2.24) is 0 Å². The highest BCUT2D eigenvalue weighted by Crippen LogP contribution is 2.23. The van der Waals surface area contributed by atoms with E-state index in [4.69, 9.17) is 16.9 Å². The van der Waals surface area contributed by atoms with Crippen molar-refractivity contribution < 1.29 is 4.79 Å². The lowest BCUT2D eigenvalue weighted by Crippen LogP contribution is -2.14. The third-order valence-electron chi connectivity index (χ3n) is 2.26.